The highest BCUT2D eigenvalue weighted by Crippen LogP contribution is 2.18. The molecule has 0 amide bonds. The smallest absolute Gasteiger partial charge is 0.146 e. The van der Waals surface area contributed by atoms with Crippen LogP contribution < -0.4 is 0 Å². The minimum Gasteiger partial charge on any atom is -0.390 e. The van der Waals surface area contributed by atoms with Gasteiger partial charge in [0, 0.05) is 13.6 Å². The van der Waals surface area contributed by atoms with Gasteiger partial charge in [-0.2, -0.15) is 0 Å². The molecule has 0 saturated heterocycles. The molecule has 0 aliphatic heterocycles. The third kappa shape index (κ3) is 3.72. The molecule has 0 saturated carbocycles. The molecule has 2 heterocycles. The van der Waals surface area contributed by atoms with E-state index in [1.807, 2.05) is 30.2 Å². The molecular weight excluding hydrogens is 316 g/mol. The van der Waals surface area contributed by atoms with Crippen molar-refractivity contribution >= 4 is 11.0 Å². The van der Waals surface area contributed by atoms with Crippen molar-refractivity contribution in [1.29, 1.82) is 0 Å². The number of aliphatic hydroxyl groups is 1. The Balaban J connectivity index is 1.65. The predicted molar refractivity (Wildman–Crippen MR) is 97.3 cm³/mol. The van der Waals surface area contributed by atoms with Gasteiger partial charge in [0.25, 0.3) is 0 Å². The number of aromatic nitrogens is 5. The summed E-state index contributed by atoms with van der Waals surface area (Å²) < 4.78 is 3.99. The number of rotatable bonds is 6. The normalized spacial score (nSPS) is 13.1. The van der Waals surface area contributed by atoms with Crippen LogP contribution >= 0.6 is 0 Å². The van der Waals surface area contributed by atoms with Crippen molar-refractivity contribution in [1.82, 2.24) is 29.2 Å². The Labute approximate surface area is 147 Å². The average molecular weight is 342 g/mol. The molecule has 7 nitrogen and oxygen atoms in total. The highest BCUT2D eigenvalue weighted by atomic mass is 16.3. The van der Waals surface area contributed by atoms with Crippen LogP contribution in [0.15, 0.2) is 18.5 Å². The number of hydrogen-bond acceptors (Lipinski definition) is 5. The summed E-state index contributed by atoms with van der Waals surface area (Å²) in [5, 5.41) is 18.7. The van der Waals surface area contributed by atoms with Crippen LogP contribution in [0.3, 0.4) is 0 Å². The van der Waals surface area contributed by atoms with Crippen molar-refractivity contribution < 1.29 is 5.11 Å². The van der Waals surface area contributed by atoms with Gasteiger partial charge in [-0.1, -0.05) is 0 Å². The van der Waals surface area contributed by atoms with E-state index in [1.165, 1.54) is 11.1 Å². The van der Waals surface area contributed by atoms with Gasteiger partial charge in [0.05, 0.1) is 36.6 Å². The molecule has 134 valence electrons. The maximum atomic E-state index is 10.5. The van der Waals surface area contributed by atoms with Crippen LogP contribution in [0.4, 0.5) is 0 Å². The van der Waals surface area contributed by atoms with Crippen molar-refractivity contribution in [3.05, 3.63) is 41.2 Å². The van der Waals surface area contributed by atoms with E-state index in [0.717, 1.165) is 22.7 Å². The summed E-state index contributed by atoms with van der Waals surface area (Å²) in [6.45, 7) is 7.83. The molecule has 1 unspecified atom stereocenters. The number of nitrogens with zero attached hydrogens (tertiary/aromatic N) is 6. The quantitative estimate of drug-likeness (QED) is 0.736. The number of aryl methyl sites for hydroxylation is 3. The minimum absolute atomic E-state index is 0.488. The second kappa shape index (κ2) is 6.93. The predicted octanol–water partition coefficient (Wildman–Crippen LogP) is 1.58. The lowest BCUT2D eigenvalue weighted by atomic mass is 10.1. The molecule has 0 aliphatic carbocycles. The molecule has 0 bridgehead atoms. The van der Waals surface area contributed by atoms with Gasteiger partial charge in [-0.3, -0.25) is 4.90 Å². The first kappa shape index (κ1) is 17.6. The molecule has 7 heteroatoms. The monoisotopic (exact) mass is 342 g/mol. The van der Waals surface area contributed by atoms with Crippen molar-refractivity contribution in [2.45, 2.75) is 40.0 Å². The van der Waals surface area contributed by atoms with E-state index in [2.05, 4.69) is 46.1 Å². The summed E-state index contributed by atoms with van der Waals surface area (Å²) in [6.07, 6.45) is 1.32. The topological polar surface area (TPSA) is 72.0 Å². The summed E-state index contributed by atoms with van der Waals surface area (Å²) >= 11 is 0. The second-order valence-electron chi connectivity index (χ2n) is 6.90. The van der Waals surface area contributed by atoms with Gasteiger partial charge in [0.15, 0.2) is 0 Å². The number of aliphatic hydroxyl groups excluding tert-OH is 1. The standard InChI is InChI=1S/C18H26N6O/c1-12-6-16-17(7-13(12)2)24(11-19-16)9-15(25)8-22(4)10-18-21-20-14(3)23(18)5/h6-7,11,15,25H,8-10H2,1-5H3. The highest BCUT2D eigenvalue weighted by molar-refractivity contribution is 5.77. The Hall–Kier alpha value is -2.25. The zero-order valence-corrected chi connectivity index (χ0v) is 15.6. The van der Waals surface area contributed by atoms with Crippen molar-refractivity contribution in [2.75, 3.05) is 13.6 Å². The molecule has 1 atom stereocenters. The molecule has 3 aromatic rings. The van der Waals surface area contributed by atoms with Gasteiger partial charge >= 0.3 is 0 Å². The van der Waals surface area contributed by atoms with Gasteiger partial charge < -0.3 is 14.2 Å². The van der Waals surface area contributed by atoms with Gasteiger partial charge in [-0.25, -0.2) is 4.98 Å². The van der Waals surface area contributed by atoms with Gasteiger partial charge in [0.2, 0.25) is 0 Å². The summed E-state index contributed by atoms with van der Waals surface area (Å²) in [5.41, 5.74) is 4.50. The Morgan fingerprint density at radius 1 is 1.16 bits per heavy atom. The average Bonchev–Trinajstić information content (AvgIpc) is 3.06. The molecule has 1 N–H and O–H groups in total. The lowest BCUT2D eigenvalue weighted by molar-refractivity contribution is 0.106. The summed E-state index contributed by atoms with van der Waals surface area (Å²) in [6, 6.07) is 4.23. The maximum absolute atomic E-state index is 10.5. The Morgan fingerprint density at radius 2 is 1.88 bits per heavy atom. The first-order valence-electron chi connectivity index (χ1n) is 8.48. The van der Waals surface area contributed by atoms with E-state index in [-0.39, 0.29) is 0 Å². The lowest BCUT2D eigenvalue weighted by Crippen LogP contribution is -2.32. The van der Waals surface area contributed by atoms with E-state index >= 15 is 0 Å². The zero-order valence-electron chi connectivity index (χ0n) is 15.6. The first-order chi connectivity index (χ1) is 11.8. The molecule has 0 radical (unpaired) electrons. The molecule has 0 fully saturated rings. The second-order valence-corrected chi connectivity index (χ2v) is 6.90. The summed E-state index contributed by atoms with van der Waals surface area (Å²) in [5.74, 6) is 1.78. The van der Waals surface area contributed by atoms with E-state index in [1.54, 1.807) is 6.33 Å². The number of imidazole rings is 1. The minimum atomic E-state index is -0.488. The molecule has 2 aromatic heterocycles. The molecular formula is C18H26N6O. The van der Waals surface area contributed by atoms with Crippen molar-refractivity contribution in [2.24, 2.45) is 7.05 Å². The largest absolute Gasteiger partial charge is 0.390 e. The summed E-state index contributed by atoms with van der Waals surface area (Å²) in [4.78, 5) is 6.51. The first-order valence-corrected chi connectivity index (χ1v) is 8.48. The lowest BCUT2D eigenvalue weighted by Gasteiger charge is -2.20. The van der Waals surface area contributed by atoms with Gasteiger partial charge in [-0.15, -0.1) is 10.2 Å². The molecule has 0 aliphatic rings. The van der Waals surface area contributed by atoms with Crippen LogP contribution in [0.2, 0.25) is 0 Å². The third-order valence-corrected chi connectivity index (χ3v) is 4.76. The maximum Gasteiger partial charge on any atom is 0.146 e. The number of likely N-dealkylation sites (N-methyl/N-ethyl adjacent to an activating group) is 1. The fourth-order valence-corrected chi connectivity index (χ4v) is 3.00. The fourth-order valence-electron chi connectivity index (χ4n) is 3.00. The van der Waals surface area contributed by atoms with Crippen LogP contribution in [0.5, 0.6) is 0 Å². The van der Waals surface area contributed by atoms with Crippen molar-refractivity contribution in [3.8, 4) is 0 Å². The van der Waals surface area contributed by atoms with E-state index in [9.17, 15) is 5.11 Å². The molecule has 1 aromatic carbocycles. The zero-order chi connectivity index (χ0) is 18.1. The Kier molecular flexibility index (Phi) is 4.87. The Morgan fingerprint density at radius 3 is 2.56 bits per heavy atom. The molecule has 3 rings (SSSR count). The molecule has 25 heavy (non-hydrogen) atoms. The fraction of sp³-hybridized carbons (Fsp3) is 0.500. The van der Waals surface area contributed by atoms with E-state index in [0.29, 0.717) is 19.6 Å². The van der Waals surface area contributed by atoms with E-state index < -0.39 is 6.10 Å². The van der Waals surface area contributed by atoms with Crippen LogP contribution in [0, 0.1) is 20.8 Å². The van der Waals surface area contributed by atoms with Crippen LogP contribution in [-0.2, 0) is 20.1 Å². The van der Waals surface area contributed by atoms with Crippen molar-refractivity contribution in [3.63, 3.8) is 0 Å². The Bertz CT molecular complexity index is 881. The van der Waals surface area contributed by atoms with Gasteiger partial charge in [0.1, 0.15) is 11.6 Å². The van der Waals surface area contributed by atoms with Gasteiger partial charge in [-0.05, 0) is 51.1 Å². The number of fused-ring (bicyclic) bond motifs is 1. The molecule has 0 spiro atoms. The summed E-state index contributed by atoms with van der Waals surface area (Å²) in [7, 11) is 3.93. The van der Waals surface area contributed by atoms with Crippen LogP contribution in [0.1, 0.15) is 22.8 Å². The SMILES string of the molecule is Cc1cc2ncn(CC(O)CN(C)Cc3nnc(C)n3C)c2cc1C. The van der Waals surface area contributed by atoms with E-state index in [4.69, 9.17) is 0 Å². The highest BCUT2D eigenvalue weighted by Gasteiger charge is 2.14. The van der Waals surface area contributed by atoms with Crippen LogP contribution in [0.25, 0.3) is 11.0 Å². The van der Waals surface area contributed by atoms with Crippen LogP contribution in [-0.4, -0.2) is 54.0 Å². The number of hydrogen-bond donors (Lipinski definition) is 1. The third-order valence-electron chi connectivity index (χ3n) is 4.76. The number of benzene rings is 1.